The van der Waals surface area contributed by atoms with Crippen molar-refractivity contribution in [1.82, 2.24) is 10.2 Å². The van der Waals surface area contributed by atoms with E-state index in [1.165, 1.54) is 12.1 Å². The Balaban J connectivity index is 2.29. The second-order valence-electron chi connectivity index (χ2n) is 5.59. The maximum absolute atomic E-state index is 12.9. The van der Waals surface area contributed by atoms with Crippen molar-refractivity contribution < 1.29 is 13.2 Å². The molecule has 0 amide bonds. The number of halogens is 3. The molecule has 1 fully saturated rings. The molecule has 1 aliphatic heterocycles. The molecule has 0 bridgehead atoms. The van der Waals surface area contributed by atoms with E-state index in [4.69, 9.17) is 0 Å². The summed E-state index contributed by atoms with van der Waals surface area (Å²) in [4.78, 5) is 2.24. The Labute approximate surface area is 123 Å². The Morgan fingerprint density at radius 2 is 2.00 bits per heavy atom. The van der Waals surface area contributed by atoms with E-state index in [2.05, 4.69) is 16.8 Å². The van der Waals surface area contributed by atoms with Crippen LogP contribution in [0.15, 0.2) is 36.4 Å². The third-order valence-electron chi connectivity index (χ3n) is 3.73. The molecule has 0 aromatic heterocycles. The van der Waals surface area contributed by atoms with Crippen molar-refractivity contribution in [3.8, 4) is 0 Å². The highest BCUT2D eigenvalue weighted by Crippen LogP contribution is 2.33. The molecule has 21 heavy (non-hydrogen) atoms. The first-order valence-electron chi connectivity index (χ1n) is 7.14. The predicted octanol–water partition coefficient (Wildman–Crippen LogP) is 3.62. The van der Waals surface area contributed by atoms with Gasteiger partial charge in [0.2, 0.25) is 0 Å². The number of alkyl halides is 3. The van der Waals surface area contributed by atoms with Gasteiger partial charge in [0.15, 0.2) is 0 Å². The highest BCUT2D eigenvalue weighted by Gasteiger charge is 2.31. The summed E-state index contributed by atoms with van der Waals surface area (Å²) < 4.78 is 38.7. The lowest BCUT2D eigenvalue weighted by Gasteiger charge is -2.35. The van der Waals surface area contributed by atoms with Crippen molar-refractivity contribution in [3.63, 3.8) is 0 Å². The molecule has 2 nitrogen and oxygen atoms in total. The molecule has 1 aliphatic rings. The van der Waals surface area contributed by atoms with Gasteiger partial charge in [-0.15, -0.1) is 6.58 Å². The Bertz CT molecular complexity index is 491. The molecule has 1 atom stereocenters. The molecule has 1 N–H and O–H groups in total. The number of nitrogens with zero attached hydrogens (tertiary/aromatic N) is 1. The predicted molar refractivity (Wildman–Crippen MR) is 78.1 cm³/mol. The normalized spacial score (nSPS) is 18.5. The Morgan fingerprint density at radius 1 is 1.33 bits per heavy atom. The van der Waals surface area contributed by atoms with E-state index in [1.807, 2.05) is 6.92 Å². The maximum atomic E-state index is 12.9. The lowest BCUT2D eigenvalue weighted by molar-refractivity contribution is -0.137. The number of hydrogen-bond donors (Lipinski definition) is 1. The van der Waals surface area contributed by atoms with E-state index in [1.54, 1.807) is 6.07 Å². The summed E-state index contributed by atoms with van der Waals surface area (Å²) in [5.41, 5.74) is 1.12. The third-order valence-corrected chi connectivity index (χ3v) is 3.73. The van der Waals surface area contributed by atoms with Gasteiger partial charge in [-0.25, -0.2) is 0 Å². The van der Waals surface area contributed by atoms with E-state index >= 15 is 0 Å². The van der Waals surface area contributed by atoms with Gasteiger partial charge in [0.05, 0.1) is 5.56 Å². The summed E-state index contributed by atoms with van der Waals surface area (Å²) >= 11 is 0. The fourth-order valence-corrected chi connectivity index (χ4v) is 2.70. The van der Waals surface area contributed by atoms with Crippen LogP contribution in [0.2, 0.25) is 0 Å². The van der Waals surface area contributed by atoms with Crippen LogP contribution in [0.4, 0.5) is 13.2 Å². The minimum absolute atomic E-state index is 0.0353. The lowest BCUT2D eigenvalue weighted by Crippen LogP contribution is -2.45. The largest absolute Gasteiger partial charge is 0.416 e. The molecule has 0 radical (unpaired) electrons. The first-order chi connectivity index (χ1) is 9.88. The molecule has 1 aromatic carbocycles. The van der Waals surface area contributed by atoms with Crippen LogP contribution in [0, 0.1) is 0 Å². The van der Waals surface area contributed by atoms with Crippen LogP contribution < -0.4 is 5.32 Å². The van der Waals surface area contributed by atoms with Gasteiger partial charge in [-0.05, 0) is 31.0 Å². The van der Waals surface area contributed by atoms with E-state index in [9.17, 15) is 13.2 Å². The summed E-state index contributed by atoms with van der Waals surface area (Å²) in [6, 6.07) is 5.64. The number of piperazine rings is 1. The van der Waals surface area contributed by atoms with Gasteiger partial charge in [0.25, 0.3) is 0 Å². The SMILES string of the molecule is C=C(C)C[C@@H](c1cccc(C(F)(F)F)c1)N1CCNCC1. The average molecular weight is 298 g/mol. The lowest BCUT2D eigenvalue weighted by atomic mass is 9.96. The summed E-state index contributed by atoms with van der Waals surface area (Å²) in [5, 5.41) is 3.27. The fourth-order valence-electron chi connectivity index (χ4n) is 2.70. The van der Waals surface area contributed by atoms with Crippen LogP contribution in [0.3, 0.4) is 0 Å². The molecule has 0 saturated carbocycles. The highest BCUT2D eigenvalue weighted by atomic mass is 19.4. The zero-order chi connectivity index (χ0) is 15.5. The van der Waals surface area contributed by atoms with Crippen LogP contribution in [0.5, 0.6) is 0 Å². The molecule has 0 aliphatic carbocycles. The highest BCUT2D eigenvalue weighted by molar-refractivity contribution is 5.29. The number of nitrogens with one attached hydrogen (secondary N) is 1. The summed E-state index contributed by atoms with van der Waals surface area (Å²) in [6.07, 6.45) is -3.62. The van der Waals surface area contributed by atoms with Crippen molar-refractivity contribution in [2.75, 3.05) is 26.2 Å². The van der Waals surface area contributed by atoms with Crippen LogP contribution in [0.25, 0.3) is 0 Å². The maximum Gasteiger partial charge on any atom is 0.416 e. The molecule has 1 aromatic rings. The number of hydrogen-bond acceptors (Lipinski definition) is 2. The van der Waals surface area contributed by atoms with Crippen molar-refractivity contribution in [2.45, 2.75) is 25.6 Å². The first kappa shape index (κ1) is 16.0. The minimum atomic E-state index is -4.30. The summed E-state index contributed by atoms with van der Waals surface area (Å²) in [7, 11) is 0. The van der Waals surface area contributed by atoms with Crippen LogP contribution in [-0.4, -0.2) is 31.1 Å². The van der Waals surface area contributed by atoms with E-state index in [-0.39, 0.29) is 6.04 Å². The van der Waals surface area contributed by atoms with Gasteiger partial charge in [0, 0.05) is 32.2 Å². The molecule has 0 spiro atoms. The molecule has 0 unspecified atom stereocenters. The van der Waals surface area contributed by atoms with E-state index < -0.39 is 11.7 Å². The van der Waals surface area contributed by atoms with Crippen molar-refractivity contribution in [3.05, 3.63) is 47.5 Å². The average Bonchev–Trinajstić information content (AvgIpc) is 2.45. The molecule has 2 rings (SSSR count). The van der Waals surface area contributed by atoms with Gasteiger partial charge >= 0.3 is 6.18 Å². The molecule has 1 heterocycles. The molecule has 116 valence electrons. The molecular weight excluding hydrogens is 277 g/mol. The zero-order valence-corrected chi connectivity index (χ0v) is 12.2. The second-order valence-corrected chi connectivity index (χ2v) is 5.59. The van der Waals surface area contributed by atoms with Gasteiger partial charge < -0.3 is 5.32 Å². The Hall–Kier alpha value is -1.33. The Kier molecular flexibility index (Phi) is 5.06. The smallest absolute Gasteiger partial charge is 0.314 e. The van der Waals surface area contributed by atoms with Gasteiger partial charge in [-0.2, -0.15) is 13.2 Å². The number of benzene rings is 1. The van der Waals surface area contributed by atoms with E-state index in [0.717, 1.165) is 43.4 Å². The monoisotopic (exact) mass is 298 g/mol. The van der Waals surface area contributed by atoms with Crippen molar-refractivity contribution in [2.24, 2.45) is 0 Å². The van der Waals surface area contributed by atoms with E-state index in [0.29, 0.717) is 6.42 Å². The Morgan fingerprint density at radius 3 is 2.57 bits per heavy atom. The topological polar surface area (TPSA) is 15.3 Å². The summed E-state index contributed by atoms with van der Waals surface area (Å²) in [6.45, 7) is 9.26. The van der Waals surface area contributed by atoms with Crippen LogP contribution >= 0.6 is 0 Å². The van der Waals surface area contributed by atoms with Gasteiger partial charge in [-0.1, -0.05) is 17.7 Å². The van der Waals surface area contributed by atoms with Crippen LogP contribution in [0.1, 0.15) is 30.5 Å². The quantitative estimate of drug-likeness (QED) is 0.854. The van der Waals surface area contributed by atoms with Crippen molar-refractivity contribution in [1.29, 1.82) is 0 Å². The molecular formula is C16H21F3N2. The van der Waals surface area contributed by atoms with Gasteiger partial charge in [-0.3, -0.25) is 4.90 Å². The van der Waals surface area contributed by atoms with Crippen LogP contribution in [-0.2, 0) is 6.18 Å². The first-order valence-corrected chi connectivity index (χ1v) is 7.14. The summed E-state index contributed by atoms with van der Waals surface area (Å²) in [5.74, 6) is 0. The van der Waals surface area contributed by atoms with Gasteiger partial charge in [0.1, 0.15) is 0 Å². The fraction of sp³-hybridized carbons (Fsp3) is 0.500. The number of rotatable bonds is 4. The second kappa shape index (κ2) is 6.62. The zero-order valence-electron chi connectivity index (χ0n) is 12.2. The molecule has 5 heteroatoms. The standard InChI is InChI=1S/C16H21F3N2/c1-12(2)10-15(21-8-6-20-7-9-21)13-4-3-5-14(11-13)16(17,18)19/h3-5,11,15,20H,1,6-10H2,2H3/t15-/m0/s1. The molecule has 1 saturated heterocycles. The minimum Gasteiger partial charge on any atom is -0.314 e. The third kappa shape index (κ3) is 4.32. The van der Waals surface area contributed by atoms with Crippen molar-refractivity contribution >= 4 is 0 Å².